The third kappa shape index (κ3) is 3.71. The summed E-state index contributed by atoms with van der Waals surface area (Å²) < 4.78 is 0. The van der Waals surface area contributed by atoms with E-state index in [2.05, 4.69) is 18.2 Å². The Morgan fingerprint density at radius 2 is 2.50 bits per heavy atom. The first-order chi connectivity index (χ1) is 6.76. The lowest BCUT2D eigenvalue weighted by Gasteiger charge is -2.10. The Morgan fingerprint density at radius 3 is 3.00 bits per heavy atom. The van der Waals surface area contributed by atoms with E-state index in [1.807, 2.05) is 11.4 Å². The molecular weight excluding hydrogens is 214 g/mol. The van der Waals surface area contributed by atoms with Crippen LogP contribution in [0, 0.1) is 12.3 Å². The molecule has 1 unspecified atom stereocenters. The van der Waals surface area contributed by atoms with Crippen molar-refractivity contribution in [2.45, 2.75) is 32.4 Å². The van der Waals surface area contributed by atoms with Crippen LogP contribution in [-0.4, -0.2) is 6.04 Å². The molecule has 1 N–H and O–H groups in total. The summed E-state index contributed by atoms with van der Waals surface area (Å²) in [4.78, 5) is 1.23. The van der Waals surface area contributed by atoms with Crippen molar-refractivity contribution in [1.29, 1.82) is 0 Å². The van der Waals surface area contributed by atoms with Crippen LogP contribution in [0.2, 0.25) is 5.02 Å². The number of hydrogen-bond acceptors (Lipinski definition) is 2. The Balaban J connectivity index is 2.36. The molecule has 1 aromatic heterocycles. The van der Waals surface area contributed by atoms with E-state index in [1.165, 1.54) is 4.88 Å². The summed E-state index contributed by atoms with van der Waals surface area (Å²) in [7, 11) is 0. The summed E-state index contributed by atoms with van der Waals surface area (Å²) in [6, 6.07) is 2.15. The van der Waals surface area contributed by atoms with Gasteiger partial charge in [-0.3, -0.25) is 5.32 Å². The first kappa shape index (κ1) is 11.6. The van der Waals surface area contributed by atoms with Gasteiger partial charge in [0.2, 0.25) is 0 Å². The highest BCUT2D eigenvalue weighted by Crippen LogP contribution is 2.18. The van der Waals surface area contributed by atoms with Crippen molar-refractivity contribution in [1.82, 2.24) is 5.32 Å². The highest BCUT2D eigenvalue weighted by Gasteiger charge is 2.03. The van der Waals surface area contributed by atoms with Crippen LogP contribution in [0.3, 0.4) is 0 Å². The van der Waals surface area contributed by atoms with Crippen molar-refractivity contribution in [3.05, 3.63) is 21.3 Å². The summed E-state index contributed by atoms with van der Waals surface area (Å²) >= 11 is 7.47. The fourth-order valence-electron chi connectivity index (χ4n) is 1.20. The molecule has 0 spiro atoms. The van der Waals surface area contributed by atoms with Crippen molar-refractivity contribution >= 4 is 22.9 Å². The van der Waals surface area contributed by atoms with Gasteiger partial charge in [-0.2, -0.15) is 0 Å². The molecule has 1 rings (SSSR count). The van der Waals surface area contributed by atoms with Gasteiger partial charge in [0.15, 0.2) is 0 Å². The van der Waals surface area contributed by atoms with Crippen molar-refractivity contribution in [3.63, 3.8) is 0 Å². The highest BCUT2D eigenvalue weighted by molar-refractivity contribution is 7.10. The van der Waals surface area contributed by atoms with Crippen molar-refractivity contribution < 1.29 is 0 Å². The zero-order chi connectivity index (χ0) is 10.4. The second kappa shape index (κ2) is 6.08. The van der Waals surface area contributed by atoms with Gasteiger partial charge >= 0.3 is 0 Å². The average molecular weight is 228 g/mol. The summed E-state index contributed by atoms with van der Waals surface area (Å²) in [5, 5.41) is 6.05. The molecular formula is C11H14ClNS. The molecule has 0 saturated carbocycles. The molecule has 0 aliphatic heterocycles. The van der Waals surface area contributed by atoms with Crippen LogP contribution < -0.4 is 5.32 Å². The molecule has 0 aliphatic rings. The Kier molecular flexibility index (Phi) is 5.03. The van der Waals surface area contributed by atoms with Crippen LogP contribution in [-0.2, 0) is 6.54 Å². The summed E-state index contributed by atoms with van der Waals surface area (Å²) in [5.41, 5.74) is 0. The van der Waals surface area contributed by atoms with Crippen LogP contribution in [0.5, 0.6) is 0 Å². The van der Waals surface area contributed by atoms with Crippen LogP contribution in [0.15, 0.2) is 11.4 Å². The maximum Gasteiger partial charge on any atom is 0.0689 e. The van der Waals surface area contributed by atoms with Gasteiger partial charge in [0.25, 0.3) is 0 Å². The maximum absolute atomic E-state index is 5.81. The quantitative estimate of drug-likeness (QED) is 0.762. The summed E-state index contributed by atoms with van der Waals surface area (Å²) in [6.07, 6.45) is 7.52. The molecule has 0 amide bonds. The van der Waals surface area contributed by atoms with E-state index in [0.717, 1.165) is 24.4 Å². The minimum absolute atomic E-state index is 0.181. The summed E-state index contributed by atoms with van der Waals surface area (Å²) in [6.45, 7) is 2.94. The smallest absolute Gasteiger partial charge is 0.0689 e. The van der Waals surface area contributed by atoms with E-state index in [0.29, 0.717) is 0 Å². The van der Waals surface area contributed by atoms with Crippen molar-refractivity contribution in [2.75, 3.05) is 0 Å². The zero-order valence-electron chi connectivity index (χ0n) is 8.22. The molecule has 0 aliphatic carbocycles. The number of hydrogen-bond donors (Lipinski definition) is 1. The summed E-state index contributed by atoms with van der Waals surface area (Å²) in [5.74, 6) is 2.74. The molecule has 1 heterocycles. The number of terminal acetylenes is 1. The van der Waals surface area contributed by atoms with Gasteiger partial charge in [0.05, 0.1) is 11.1 Å². The van der Waals surface area contributed by atoms with Crippen molar-refractivity contribution in [2.24, 2.45) is 0 Å². The van der Waals surface area contributed by atoms with Gasteiger partial charge < -0.3 is 0 Å². The van der Waals surface area contributed by atoms with Crippen LogP contribution in [0.1, 0.15) is 24.6 Å². The minimum atomic E-state index is 0.181. The number of rotatable bonds is 5. The maximum atomic E-state index is 5.81. The van der Waals surface area contributed by atoms with E-state index in [1.54, 1.807) is 11.3 Å². The third-order valence-electron chi connectivity index (χ3n) is 1.92. The normalized spacial score (nSPS) is 12.4. The number of nitrogens with one attached hydrogen (secondary N) is 1. The van der Waals surface area contributed by atoms with Gasteiger partial charge in [0, 0.05) is 16.8 Å². The second-order valence-corrected chi connectivity index (χ2v) is 4.55. The molecule has 0 fully saturated rings. The molecule has 1 aromatic rings. The van der Waals surface area contributed by atoms with E-state index in [4.69, 9.17) is 18.0 Å². The lowest BCUT2D eigenvalue weighted by molar-refractivity contribution is 0.566. The van der Waals surface area contributed by atoms with Crippen molar-refractivity contribution in [3.8, 4) is 12.3 Å². The molecule has 1 nitrogen and oxygen atoms in total. The second-order valence-electron chi connectivity index (χ2n) is 3.12. The van der Waals surface area contributed by atoms with Gasteiger partial charge in [-0.05, 0) is 12.5 Å². The first-order valence-electron chi connectivity index (χ1n) is 4.68. The lowest BCUT2D eigenvalue weighted by Crippen LogP contribution is -2.26. The standard InChI is InChI=1S/C11H14ClNS/c1-3-5-10(4-2)13-7-11-6-9(12)8-14-11/h2,6,8,10,13H,3,5,7H2,1H3. The zero-order valence-corrected chi connectivity index (χ0v) is 9.79. The molecule has 3 heteroatoms. The van der Waals surface area contributed by atoms with E-state index in [-0.39, 0.29) is 6.04 Å². The van der Waals surface area contributed by atoms with Crippen LogP contribution in [0.4, 0.5) is 0 Å². The number of halogens is 1. The predicted molar refractivity (Wildman–Crippen MR) is 63.7 cm³/mol. The first-order valence-corrected chi connectivity index (χ1v) is 5.94. The molecule has 0 bridgehead atoms. The van der Waals surface area contributed by atoms with Gasteiger partial charge in [-0.1, -0.05) is 30.9 Å². The fourth-order valence-corrected chi connectivity index (χ4v) is 2.23. The molecule has 1 atom stereocenters. The fraction of sp³-hybridized carbons (Fsp3) is 0.455. The monoisotopic (exact) mass is 227 g/mol. The van der Waals surface area contributed by atoms with E-state index in [9.17, 15) is 0 Å². The largest absolute Gasteiger partial charge is 0.299 e. The Morgan fingerprint density at radius 1 is 1.71 bits per heavy atom. The van der Waals surface area contributed by atoms with Gasteiger partial charge in [-0.15, -0.1) is 17.8 Å². The van der Waals surface area contributed by atoms with Crippen LogP contribution >= 0.6 is 22.9 Å². The molecule has 14 heavy (non-hydrogen) atoms. The molecule has 0 aromatic carbocycles. The Hall–Kier alpha value is -0.490. The van der Waals surface area contributed by atoms with Gasteiger partial charge in [-0.25, -0.2) is 0 Å². The van der Waals surface area contributed by atoms with Crippen LogP contribution in [0.25, 0.3) is 0 Å². The third-order valence-corrected chi connectivity index (χ3v) is 3.21. The minimum Gasteiger partial charge on any atom is -0.299 e. The van der Waals surface area contributed by atoms with E-state index < -0.39 is 0 Å². The molecule has 0 saturated heterocycles. The average Bonchev–Trinajstić information content (AvgIpc) is 2.59. The predicted octanol–water partition coefficient (Wildman–Crippen LogP) is 3.29. The SMILES string of the molecule is C#CC(CCC)NCc1cc(Cl)cs1. The molecule has 76 valence electrons. The van der Waals surface area contributed by atoms with Gasteiger partial charge in [0.1, 0.15) is 0 Å². The molecule has 0 radical (unpaired) electrons. The Bertz CT molecular complexity index is 313. The highest BCUT2D eigenvalue weighted by atomic mass is 35.5. The Labute approximate surface area is 94.5 Å². The van der Waals surface area contributed by atoms with E-state index >= 15 is 0 Å². The topological polar surface area (TPSA) is 12.0 Å². The lowest BCUT2D eigenvalue weighted by atomic mass is 10.2. The number of thiophene rings is 1.